The quantitative estimate of drug-likeness (QED) is 0.318. The fourth-order valence-electron chi connectivity index (χ4n) is 3.23. The van der Waals surface area contributed by atoms with Gasteiger partial charge in [0.2, 0.25) is 5.88 Å². The normalized spacial score (nSPS) is 14.3. The van der Waals surface area contributed by atoms with E-state index in [0.29, 0.717) is 43.8 Å². The molecule has 0 bridgehead atoms. The van der Waals surface area contributed by atoms with E-state index in [-0.39, 0.29) is 41.9 Å². The van der Waals surface area contributed by atoms with E-state index in [1.54, 1.807) is 30.3 Å². The van der Waals surface area contributed by atoms with Crippen LogP contribution in [-0.2, 0) is 11.3 Å². The summed E-state index contributed by atoms with van der Waals surface area (Å²) in [6.45, 7) is 4.04. The first-order chi connectivity index (χ1) is 15.1. The average molecular weight is 557 g/mol. The average Bonchev–Trinajstić information content (AvgIpc) is 2.79. The van der Waals surface area contributed by atoms with E-state index >= 15 is 0 Å². The van der Waals surface area contributed by atoms with Gasteiger partial charge in [0.15, 0.2) is 5.96 Å². The maximum Gasteiger partial charge on any atom is 0.409 e. The van der Waals surface area contributed by atoms with Gasteiger partial charge in [-0.1, -0.05) is 0 Å². The molecule has 2 aromatic rings. The molecule has 0 atom stereocenters. The van der Waals surface area contributed by atoms with Gasteiger partial charge in [-0.15, -0.1) is 24.0 Å². The fourth-order valence-corrected chi connectivity index (χ4v) is 3.23. The molecule has 1 aromatic carbocycles. The Kier molecular flexibility index (Phi) is 10.4. The zero-order chi connectivity index (χ0) is 22.1. The van der Waals surface area contributed by atoms with Crippen LogP contribution in [0.3, 0.4) is 0 Å². The van der Waals surface area contributed by atoms with Crippen LogP contribution in [0.15, 0.2) is 47.6 Å². The van der Waals surface area contributed by atoms with Crippen molar-refractivity contribution < 1.29 is 18.7 Å². The van der Waals surface area contributed by atoms with Crippen LogP contribution in [0, 0.1) is 5.82 Å². The lowest BCUT2D eigenvalue weighted by Crippen LogP contribution is -2.49. The monoisotopic (exact) mass is 557 g/mol. The van der Waals surface area contributed by atoms with E-state index in [1.165, 1.54) is 12.1 Å². The van der Waals surface area contributed by atoms with Crippen molar-refractivity contribution in [1.82, 2.24) is 20.5 Å². The summed E-state index contributed by atoms with van der Waals surface area (Å²) in [6.07, 6.45) is 3.06. The van der Waals surface area contributed by atoms with Crippen molar-refractivity contribution in [3.05, 3.63) is 54.0 Å². The summed E-state index contributed by atoms with van der Waals surface area (Å²) < 4.78 is 23.8. The van der Waals surface area contributed by atoms with E-state index in [4.69, 9.17) is 9.47 Å². The number of rotatable bonds is 6. The summed E-state index contributed by atoms with van der Waals surface area (Å²) in [5.74, 6) is 1.32. The molecule has 0 spiro atoms. The number of likely N-dealkylation sites (tertiary alicyclic amines) is 1. The zero-order valence-electron chi connectivity index (χ0n) is 18.2. The Labute approximate surface area is 204 Å². The number of carbonyl (C=O) groups excluding carboxylic acids is 1. The van der Waals surface area contributed by atoms with E-state index in [9.17, 15) is 9.18 Å². The Morgan fingerprint density at radius 1 is 1.25 bits per heavy atom. The molecular formula is C22H29FIN5O3. The van der Waals surface area contributed by atoms with Gasteiger partial charge in [-0.2, -0.15) is 0 Å². The number of pyridine rings is 1. The standard InChI is InChI=1S/C22H28FN5O3.HI/c1-3-30-22(29)28-12-9-18(10-13-28)27-21(24-2)26-15-16-8-11-25-20(14-16)31-19-6-4-17(23)5-7-19;/h4-8,11,14,18H,3,9-10,12-13,15H2,1-2H3,(H2,24,26,27);1H. The van der Waals surface area contributed by atoms with Gasteiger partial charge in [0.05, 0.1) is 6.61 Å². The Balaban J connectivity index is 0.00000363. The highest BCUT2D eigenvalue weighted by atomic mass is 127. The molecule has 1 aromatic heterocycles. The van der Waals surface area contributed by atoms with Crippen LogP contribution in [0.1, 0.15) is 25.3 Å². The Hall–Kier alpha value is -2.63. The summed E-state index contributed by atoms with van der Waals surface area (Å²) in [5.41, 5.74) is 0.965. The van der Waals surface area contributed by atoms with Crippen molar-refractivity contribution in [1.29, 1.82) is 0 Å². The fraction of sp³-hybridized carbons (Fsp3) is 0.409. The van der Waals surface area contributed by atoms with E-state index < -0.39 is 0 Å². The maximum atomic E-state index is 13.0. The summed E-state index contributed by atoms with van der Waals surface area (Å²) in [6, 6.07) is 9.73. The second-order valence-corrected chi connectivity index (χ2v) is 7.09. The molecule has 1 amide bonds. The third kappa shape index (κ3) is 7.81. The predicted octanol–water partition coefficient (Wildman–Crippen LogP) is 3.92. The maximum absolute atomic E-state index is 13.0. The van der Waals surface area contributed by atoms with E-state index in [1.807, 2.05) is 19.1 Å². The molecule has 10 heteroatoms. The molecule has 1 fully saturated rings. The van der Waals surface area contributed by atoms with Gasteiger partial charge in [-0.25, -0.2) is 14.2 Å². The van der Waals surface area contributed by atoms with E-state index in [0.717, 1.165) is 18.4 Å². The van der Waals surface area contributed by atoms with Gasteiger partial charge >= 0.3 is 6.09 Å². The van der Waals surface area contributed by atoms with Gasteiger partial charge in [0.1, 0.15) is 11.6 Å². The predicted molar refractivity (Wildman–Crippen MR) is 131 cm³/mol. The largest absolute Gasteiger partial charge is 0.450 e. The molecule has 2 heterocycles. The van der Waals surface area contributed by atoms with Crippen LogP contribution in [0.4, 0.5) is 9.18 Å². The molecule has 1 saturated heterocycles. The Morgan fingerprint density at radius 3 is 2.62 bits per heavy atom. The first-order valence-corrected chi connectivity index (χ1v) is 10.3. The molecule has 0 unspecified atom stereocenters. The van der Waals surface area contributed by atoms with Crippen LogP contribution in [0.5, 0.6) is 11.6 Å². The SMILES string of the molecule is CCOC(=O)N1CCC(NC(=NC)NCc2ccnc(Oc3ccc(F)cc3)c2)CC1.I. The van der Waals surface area contributed by atoms with Crippen LogP contribution >= 0.6 is 24.0 Å². The summed E-state index contributed by atoms with van der Waals surface area (Å²) in [5, 5.41) is 6.69. The molecule has 1 aliphatic rings. The van der Waals surface area contributed by atoms with Crippen molar-refractivity contribution in [3.63, 3.8) is 0 Å². The van der Waals surface area contributed by atoms with Crippen molar-refractivity contribution in [3.8, 4) is 11.6 Å². The van der Waals surface area contributed by atoms with Crippen LogP contribution < -0.4 is 15.4 Å². The molecule has 8 nitrogen and oxygen atoms in total. The number of hydrogen-bond acceptors (Lipinski definition) is 5. The number of hydrogen-bond donors (Lipinski definition) is 2. The molecule has 0 saturated carbocycles. The number of amides is 1. The first-order valence-electron chi connectivity index (χ1n) is 10.3. The highest BCUT2D eigenvalue weighted by Crippen LogP contribution is 2.20. The highest BCUT2D eigenvalue weighted by Gasteiger charge is 2.24. The number of benzene rings is 1. The highest BCUT2D eigenvalue weighted by molar-refractivity contribution is 14.0. The topological polar surface area (TPSA) is 88.1 Å². The lowest BCUT2D eigenvalue weighted by Gasteiger charge is -2.32. The van der Waals surface area contributed by atoms with Gasteiger partial charge in [0.25, 0.3) is 0 Å². The van der Waals surface area contributed by atoms with Gasteiger partial charge < -0.3 is 25.0 Å². The number of nitrogens with one attached hydrogen (secondary N) is 2. The number of guanidine groups is 1. The van der Waals surface area contributed by atoms with Crippen molar-refractivity contribution in [2.75, 3.05) is 26.7 Å². The summed E-state index contributed by atoms with van der Waals surface area (Å²) in [4.78, 5) is 22.0. The molecular weight excluding hydrogens is 528 g/mol. The number of nitrogens with zero attached hydrogens (tertiary/aromatic N) is 3. The number of aromatic nitrogens is 1. The van der Waals surface area contributed by atoms with Crippen molar-refractivity contribution >= 4 is 36.0 Å². The van der Waals surface area contributed by atoms with Gasteiger partial charge in [-0.05, 0) is 55.7 Å². The third-order valence-electron chi connectivity index (χ3n) is 4.88. The molecule has 174 valence electrons. The van der Waals surface area contributed by atoms with Crippen molar-refractivity contribution in [2.24, 2.45) is 4.99 Å². The number of piperidine rings is 1. The lowest BCUT2D eigenvalue weighted by atomic mass is 10.1. The molecule has 3 rings (SSSR count). The Bertz CT molecular complexity index is 889. The number of carbonyl (C=O) groups is 1. The third-order valence-corrected chi connectivity index (χ3v) is 4.88. The van der Waals surface area contributed by atoms with E-state index in [2.05, 4.69) is 20.6 Å². The smallest absolute Gasteiger partial charge is 0.409 e. The number of aliphatic imine (C=N–C) groups is 1. The lowest BCUT2D eigenvalue weighted by molar-refractivity contribution is 0.0963. The molecule has 0 radical (unpaired) electrons. The number of ether oxygens (including phenoxy) is 2. The molecule has 0 aliphatic carbocycles. The second-order valence-electron chi connectivity index (χ2n) is 7.09. The minimum absolute atomic E-state index is 0. The van der Waals surface area contributed by atoms with Crippen LogP contribution in [-0.4, -0.2) is 54.7 Å². The Morgan fingerprint density at radius 2 is 1.97 bits per heavy atom. The minimum atomic E-state index is -0.316. The van der Waals surface area contributed by atoms with Gasteiger partial charge in [0, 0.05) is 45.0 Å². The van der Waals surface area contributed by atoms with Crippen molar-refractivity contribution in [2.45, 2.75) is 32.4 Å². The molecule has 2 N–H and O–H groups in total. The minimum Gasteiger partial charge on any atom is -0.450 e. The number of halogens is 2. The first kappa shape index (κ1) is 25.6. The summed E-state index contributed by atoms with van der Waals surface area (Å²) >= 11 is 0. The second kappa shape index (κ2) is 13.0. The van der Waals surface area contributed by atoms with Crippen LogP contribution in [0.2, 0.25) is 0 Å². The van der Waals surface area contributed by atoms with Crippen LogP contribution in [0.25, 0.3) is 0 Å². The summed E-state index contributed by atoms with van der Waals surface area (Å²) in [7, 11) is 1.72. The molecule has 32 heavy (non-hydrogen) atoms. The molecule has 1 aliphatic heterocycles. The van der Waals surface area contributed by atoms with Gasteiger partial charge in [-0.3, -0.25) is 4.99 Å². The zero-order valence-corrected chi connectivity index (χ0v) is 20.5.